The normalized spacial score (nSPS) is 23.5. The second kappa shape index (κ2) is 9.38. The quantitative estimate of drug-likeness (QED) is 0.404. The van der Waals surface area contributed by atoms with Gasteiger partial charge in [-0.1, -0.05) is 19.3 Å². The van der Waals surface area contributed by atoms with Gasteiger partial charge in [0.1, 0.15) is 16.3 Å². The highest BCUT2D eigenvalue weighted by Gasteiger charge is 2.30. The van der Waals surface area contributed by atoms with Crippen molar-refractivity contribution in [3.8, 4) is 10.6 Å². The molecule has 3 heterocycles. The van der Waals surface area contributed by atoms with Gasteiger partial charge in [0, 0.05) is 30.8 Å². The van der Waals surface area contributed by atoms with Gasteiger partial charge in [0.15, 0.2) is 0 Å². The van der Waals surface area contributed by atoms with Crippen LogP contribution in [0.3, 0.4) is 0 Å². The first kappa shape index (κ1) is 22.2. The fourth-order valence-corrected chi connectivity index (χ4v) is 6.70. The van der Waals surface area contributed by atoms with Crippen LogP contribution in [0, 0.1) is 12.8 Å². The third-order valence-corrected chi connectivity index (χ3v) is 8.72. The van der Waals surface area contributed by atoms with E-state index < -0.39 is 0 Å². The number of rotatable bonds is 7. The molecule has 0 spiro atoms. The Morgan fingerprint density at radius 3 is 2.59 bits per heavy atom. The largest absolute Gasteiger partial charge is 0.396 e. The van der Waals surface area contributed by atoms with Crippen LogP contribution in [0.25, 0.3) is 20.8 Å². The zero-order valence-corrected chi connectivity index (χ0v) is 20.7. The van der Waals surface area contributed by atoms with Crippen LogP contribution in [-0.2, 0) is 0 Å². The third kappa shape index (κ3) is 4.50. The third-order valence-electron chi connectivity index (χ3n) is 7.68. The molecule has 3 aromatic rings. The lowest BCUT2D eigenvalue weighted by atomic mass is 9.96. The van der Waals surface area contributed by atoms with Gasteiger partial charge in [0.2, 0.25) is 5.95 Å². The first-order chi connectivity index (χ1) is 16.7. The SMILES string of the molecule is Cc1nc(NC2CCCCC2)nc(N[C@H]2CC[C@@H](CO)C2)c1-c1nc2c(C3CC3)nccc2s1. The highest BCUT2D eigenvalue weighted by Crippen LogP contribution is 2.44. The summed E-state index contributed by atoms with van der Waals surface area (Å²) in [4.78, 5) is 19.7. The zero-order chi connectivity index (χ0) is 23.1. The summed E-state index contributed by atoms with van der Waals surface area (Å²) in [5, 5.41) is 17.9. The molecule has 3 aliphatic rings. The molecule has 180 valence electrons. The van der Waals surface area contributed by atoms with E-state index in [0.29, 0.717) is 29.9 Å². The van der Waals surface area contributed by atoms with E-state index >= 15 is 0 Å². The molecular formula is C26H34N6OS. The average Bonchev–Trinajstić information content (AvgIpc) is 3.43. The molecule has 3 aliphatic carbocycles. The van der Waals surface area contributed by atoms with E-state index in [-0.39, 0.29) is 6.61 Å². The number of pyridine rings is 1. The molecule has 3 fully saturated rings. The van der Waals surface area contributed by atoms with Crippen molar-refractivity contribution < 1.29 is 5.11 Å². The lowest BCUT2D eigenvalue weighted by molar-refractivity contribution is 0.229. The highest BCUT2D eigenvalue weighted by atomic mass is 32.1. The molecule has 7 nitrogen and oxygen atoms in total. The summed E-state index contributed by atoms with van der Waals surface area (Å²) in [5.41, 5.74) is 4.14. The summed E-state index contributed by atoms with van der Waals surface area (Å²) >= 11 is 1.71. The summed E-state index contributed by atoms with van der Waals surface area (Å²) in [7, 11) is 0. The van der Waals surface area contributed by atoms with E-state index in [1.54, 1.807) is 11.3 Å². The van der Waals surface area contributed by atoms with E-state index in [2.05, 4.69) is 28.6 Å². The molecule has 0 amide bonds. The van der Waals surface area contributed by atoms with Crippen LogP contribution < -0.4 is 10.6 Å². The first-order valence-corrected chi connectivity index (χ1v) is 13.8. The van der Waals surface area contributed by atoms with Gasteiger partial charge in [-0.3, -0.25) is 4.98 Å². The maximum atomic E-state index is 9.63. The number of nitrogens with zero attached hydrogens (tertiary/aromatic N) is 4. The molecule has 3 aromatic heterocycles. The Hall–Kier alpha value is -2.32. The number of aryl methyl sites for hydroxylation is 1. The van der Waals surface area contributed by atoms with E-state index in [1.807, 2.05) is 6.20 Å². The summed E-state index contributed by atoms with van der Waals surface area (Å²) in [6, 6.07) is 2.84. The lowest BCUT2D eigenvalue weighted by Crippen LogP contribution is -2.25. The van der Waals surface area contributed by atoms with Gasteiger partial charge >= 0.3 is 0 Å². The van der Waals surface area contributed by atoms with Crippen LogP contribution >= 0.6 is 11.3 Å². The van der Waals surface area contributed by atoms with Crippen LogP contribution in [0.5, 0.6) is 0 Å². The van der Waals surface area contributed by atoms with Crippen molar-refractivity contribution in [1.29, 1.82) is 0 Å². The summed E-state index contributed by atoms with van der Waals surface area (Å²) in [5.74, 6) is 2.52. The number of nitrogens with one attached hydrogen (secondary N) is 2. The standard InChI is InChI=1S/C26H34N6OS/c1-15-21(25-31-23-20(34-25)11-12-27-22(23)17-8-9-17)24(29-19-10-7-16(13-19)14-33)32-26(28-15)30-18-5-3-2-4-6-18/h11-12,16-19,33H,2-10,13-14H2,1H3,(H2,28,29,30,32)/t16-,19+/m1/s1. The molecule has 0 radical (unpaired) electrons. The minimum absolute atomic E-state index is 0.261. The number of hydrogen-bond donors (Lipinski definition) is 3. The topological polar surface area (TPSA) is 95.9 Å². The molecular weight excluding hydrogens is 444 g/mol. The van der Waals surface area contributed by atoms with Gasteiger partial charge in [0.25, 0.3) is 0 Å². The Labute approximate surface area is 204 Å². The number of aromatic nitrogens is 4. The van der Waals surface area contributed by atoms with Crippen LogP contribution in [0.2, 0.25) is 0 Å². The van der Waals surface area contributed by atoms with Crippen molar-refractivity contribution in [3.63, 3.8) is 0 Å². The van der Waals surface area contributed by atoms with Crippen LogP contribution in [0.1, 0.15) is 81.5 Å². The van der Waals surface area contributed by atoms with Crippen LogP contribution in [0.4, 0.5) is 11.8 Å². The lowest BCUT2D eigenvalue weighted by Gasteiger charge is -2.24. The molecule has 0 saturated heterocycles. The Kier molecular flexibility index (Phi) is 6.11. The number of aliphatic hydroxyl groups excluding tert-OH is 1. The second-order valence-electron chi connectivity index (χ2n) is 10.4. The van der Waals surface area contributed by atoms with E-state index in [1.165, 1.54) is 49.6 Å². The van der Waals surface area contributed by atoms with Gasteiger partial charge in [-0.25, -0.2) is 9.97 Å². The average molecular weight is 479 g/mol. The molecule has 0 aromatic carbocycles. The monoisotopic (exact) mass is 478 g/mol. The molecule has 0 bridgehead atoms. The molecule has 3 N–H and O–H groups in total. The van der Waals surface area contributed by atoms with Crippen molar-refractivity contribution in [2.24, 2.45) is 5.92 Å². The molecule has 0 aliphatic heterocycles. The summed E-state index contributed by atoms with van der Waals surface area (Å²) in [6.07, 6.45) is 13.7. The van der Waals surface area contributed by atoms with Crippen molar-refractivity contribution in [3.05, 3.63) is 23.7 Å². The smallest absolute Gasteiger partial charge is 0.225 e. The molecule has 8 heteroatoms. The number of thiazole rings is 1. The highest BCUT2D eigenvalue weighted by molar-refractivity contribution is 7.21. The van der Waals surface area contributed by atoms with Crippen LogP contribution in [-0.4, -0.2) is 43.7 Å². The molecule has 2 atom stereocenters. The Bertz CT molecular complexity index is 1170. The van der Waals surface area contributed by atoms with Crippen LogP contribution in [0.15, 0.2) is 12.3 Å². The van der Waals surface area contributed by atoms with Gasteiger partial charge in [-0.05, 0) is 63.9 Å². The minimum Gasteiger partial charge on any atom is -0.396 e. The molecule has 3 saturated carbocycles. The van der Waals surface area contributed by atoms with E-state index in [4.69, 9.17) is 15.0 Å². The second-order valence-corrected chi connectivity index (χ2v) is 11.4. The molecule has 34 heavy (non-hydrogen) atoms. The van der Waals surface area contributed by atoms with Gasteiger partial charge in [0.05, 0.1) is 21.7 Å². The fourth-order valence-electron chi connectivity index (χ4n) is 5.63. The molecule has 6 rings (SSSR count). The Balaban J connectivity index is 1.37. The van der Waals surface area contributed by atoms with Crippen molar-refractivity contribution in [2.45, 2.75) is 89.1 Å². The van der Waals surface area contributed by atoms with Crippen molar-refractivity contribution in [2.75, 3.05) is 17.2 Å². The van der Waals surface area contributed by atoms with Gasteiger partial charge in [-0.2, -0.15) is 4.98 Å². The van der Waals surface area contributed by atoms with Crippen molar-refractivity contribution in [1.82, 2.24) is 19.9 Å². The first-order valence-electron chi connectivity index (χ1n) is 13.0. The van der Waals surface area contributed by atoms with E-state index in [9.17, 15) is 5.11 Å². The predicted molar refractivity (Wildman–Crippen MR) is 137 cm³/mol. The number of aliphatic hydroxyl groups is 1. The molecule has 0 unspecified atom stereocenters. The van der Waals surface area contributed by atoms with Gasteiger partial charge in [-0.15, -0.1) is 11.3 Å². The van der Waals surface area contributed by atoms with E-state index in [0.717, 1.165) is 52.6 Å². The summed E-state index contributed by atoms with van der Waals surface area (Å²) < 4.78 is 1.18. The Morgan fingerprint density at radius 2 is 1.82 bits per heavy atom. The number of anilines is 2. The number of hydrogen-bond acceptors (Lipinski definition) is 8. The maximum absolute atomic E-state index is 9.63. The fraction of sp³-hybridized carbons (Fsp3) is 0.615. The zero-order valence-electron chi connectivity index (χ0n) is 19.9. The summed E-state index contributed by atoms with van der Waals surface area (Å²) in [6.45, 7) is 2.34. The van der Waals surface area contributed by atoms with Crippen molar-refractivity contribution >= 4 is 33.3 Å². The van der Waals surface area contributed by atoms with Gasteiger partial charge < -0.3 is 15.7 Å². The maximum Gasteiger partial charge on any atom is 0.225 e. The minimum atomic E-state index is 0.261. The Morgan fingerprint density at radius 1 is 0.971 bits per heavy atom. The number of fused-ring (bicyclic) bond motifs is 1. The predicted octanol–water partition coefficient (Wildman–Crippen LogP) is 5.65.